The highest BCUT2D eigenvalue weighted by atomic mass is 79.9. The molecule has 1 saturated heterocycles. The topological polar surface area (TPSA) is 22.9 Å². The second-order valence-electron chi connectivity index (χ2n) is 5.93. The van der Waals surface area contributed by atoms with Crippen molar-refractivity contribution in [3.63, 3.8) is 0 Å². The van der Waals surface area contributed by atoms with E-state index in [4.69, 9.17) is 21.1 Å². The van der Waals surface area contributed by atoms with Gasteiger partial charge in [-0.2, -0.15) is 0 Å². The summed E-state index contributed by atoms with van der Waals surface area (Å²) in [5.41, 5.74) is 1.12. The maximum Gasteiger partial charge on any atom is 0.152 e. The van der Waals surface area contributed by atoms with E-state index in [1.54, 1.807) is 4.90 Å². The van der Waals surface area contributed by atoms with Crippen LogP contribution in [0.1, 0.15) is 25.8 Å². The van der Waals surface area contributed by atoms with Crippen LogP contribution in [0, 0.1) is 6.92 Å². The maximum atomic E-state index is 6.22. The highest BCUT2D eigenvalue weighted by Crippen LogP contribution is 2.34. The van der Waals surface area contributed by atoms with E-state index in [-0.39, 0.29) is 0 Å². The minimum Gasteiger partial charge on any atom is -0.491 e. The van der Waals surface area contributed by atoms with Gasteiger partial charge in [-0.25, -0.2) is 0 Å². The number of hydrogen-bond donors (Lipinski definition) is 1. The van der Waals surface area contributed by atoms with E-state index >= 15 is 0 Å². The molecule has 0 radical (unpaired) electrons. The largest absolute Gasteiger partial charge is 0.491 e. The van der Waals surface area contributed by atoms with Crippen LogP contribution in [0.4, 0.5) is 0 Å². The van der Waals surface area contributed by atoms with Gasteiger partial charge in [0.05, 0.1) is 22.6 Å². The molecule has 0 aliphatic carbocycles. The van der Waals surface area contributed by atoms with Crippen molar-refractivity contribution < 1.29 is 14.4 Å². The van der Waals surface area contributed by atoms with Gasteiger partial charge in [0, 0.05) is 6.42 Å². The van der Waals surface area contributed by atoms with Gasteiger partial charge in [0.25, 0.3) is 0 Å². The van der Waals surface area contributed by atoms with Gasteiger partial charge in [0.2, 0.25) is 0 Å². The molecule has 0 amide bonds. The van der Waals surface area contributed by atoms with Crippen molar-refractivity contribution in [2.45, 2.75) is 39.4 Å². The molecule has 0 aromatic heterocycles. The number of halogens is 2. The fourth-order valence-corrected chi connectivity index (χ4v) is 4.05. The van der Waals surface area contributed by atoms with E-state index in [0.717, 1.165) is 41.8 Å². The lowest BCUT2D eigenvalue weighted by molar-refractivity contribution is -0.915. The molecule has 1 aromatic carbocycles. The lowest BCUT2D eigenvalue weighted by Crippen LogP contribution is -3.15. The Morgan fingerprint density at radius 2 is 2.00 bits per heavy atom. The SMILES string of the molecule is Cc1cc(Cl)c(OCCC[NH+]2C[C@H](C)O[C@@H](C)C2)c(Br)c1. The first-order valence-electron chi connectivity index (χ1n) is 7.53. The van der Waals surface area contributed by atoms with Crippen LogP contribution >= 0.6 is 27.5 Å². The van der Waals surface area contributed by atoms with Crippen LogP contribution in [0.25, 0.3) is 0 Å². The molecule has 0 bridgehead atoms. The molecule has 1 N–H and O–H groups in total. The van der Waals surface area contributed by atoms with Crippen LogP contribution in [0.3, 0.4) is 0 Å². The predicted molar refractivity (Wildman–Crippen MR) is 89.6 cm³/mol. The van der Waals surface area contributed by atoms with Crippen molar-refractivity contribution in [3.8, 4) is 5.75 Å². The number of hydrogen-bond acceptors (Lipinski definition) is 2. The molecule has 3 nitrogen and oxygen atoms in total. The van der Waals surface area contributed by atoms with E-state index in [2.05, 4.69) is 29.8 Å². The quantitative estimate of drug-likeness (QED) is 0.797. The number of aryl methyl sites for hydroxylation is 1. The summed E-state index contributed by atoms with van der Waals surface area (Å²) in [5.74, 6) is 0.751. The van der Waals surface area contributed by atoms with Gasteiger partial charge >= 0.3 is 0 Å². The summed E-state index contributed by atoms with van der Waals surface area (Å²) in [4.78, 5) is 1.60. The Morgan fingerprint density at radius 3 is 2.62 bits per heavy atom. The normalized spacial score (nSPS) is 25.9. The van der Waals surface area contributed by atoms with Gasteiger partial charge < -0.3 is 14.4 Å². The zero-order valence-corrected chi connectivity index (χ0v) is 15.3. The number of ether oxygens (including phenoxy) is 2. The lowest BCUT2D eigenvalue weighted by atomic mass is 10.2. The molecule has 0 unspecified atom stereocenters. The van der Waals surface area contributed by atoms with Crippen molar-refractivity contribution in [3.05, 3.63) is 27.2 Å². The van der Waals surface area contributed by atoms with E-state index < -0.39 is 0 Å². The maximum absolute atomic E-state index is 6.22. The summed E-state index contributed by atoms with van der Waals surface area (Å²) in [6, 6.07) is 3.95. The molecule has 118 valence electrons. The van der Waals surface area contributed by atoms with E-state index in [0.29, 0.717) is 23.8 Å². The van der Waals surface area contributed by atoms with Gasteiger partial charge in [0.1, 0.15) is 25.3 Å². The molecule has 1 aromatic rings. The summed E-state index contributed by atoms with van der Waals surface area (Å²) in [6.07, 6.45) is 1.72. The molecular weight excluding hydrogens is 354 g/mol. The molecule has 1 fully saturated rings. The van der Waals surface area contributed by atoms with Crippen molar-refractivity contribution in [1.29, 1.82) is 0 Å². The number of nitrogens with one attached hydrogen (secondary N) is 1. The molecular formula is C16H24BrClNO2+. The molecule has 1 aliphatic rings. The van der Waals surface area contributed by atoms with Crippen LogP contribution in [0.2, 0.25) is 5.02 Å². The predicted octanol–water partition coefficient (Wildman–Crippen LogP) is 2.87. The van der Waals surface area contributed by atoms with Crippen LogP contribution < -0.4 is 9.64 Å². The van der Waals surface area contributed by atoms with Gasteiger partial charge in [-0.1, -0.05) is 11.6 Å². The molecule has 2 atom stereocenters. The summed E-state index contributed by atoms with van der Waals surface area (Å²) in [5, 5.41) is 0.669. The van der Waals surface area contributed by atoms with Crippen molar-refractivity contribution in [2.24, 2.45) is 0 Å². The van der Waals surface area contributed by atoms with Gasteiger partial charge in [-0.3, -0.25) is 0 Å². The Morgan fingerprint density at radius 1 is 1.33 bits per heavy atom. The minimum absolute atomic E-state index is 0.352. The zero-order chi connectivity index (χ0) is 15.4. The molecule has 0 saturated carbocycles. The van der Waals surface area contributed by atoms with E-state index in [1.807, 2.05) is 19.1 Å². The van der Waals surface area contributed by atoms with E-state index in [9.17, 15) is 0 Å². The minimum atomic E-state index is 0.352. The third-order valence-electron chi connectivity index (χ3n) is 3.68. The molecule has 21 heavy (non-hydrogen) atoms. The summed E-state index contributed by atoms with van der Waals surface area (Å²) in [7, 11) is 0. The summed E-state index contributed by atoms with van der Waals surface area (Å²) in [6.45, 7) is 10.3. The average molecular weight is 378 g/mol. The highest BCUT2D eigenvalue weighted by Gasteiger charge is 2.24. The number of benzene rings is 1. The molecule has 1 heterocycles. The smallest absolute Gasteiger partial charge is 0.152 e. The number of rotatable bonds is 5. The van der Waals surface area contributed by atoms with E-state index in [1.165, 1.54) is 0 Å². The third-order valence-corrected chi connectivity index (χ3v) is 4.55. The second kappa shape index (κ2) is 7.82. The zero-order valence-electron chi connectivity index (χ0n) is 12.9. The fraction of sp³-hybridized carbons (Fsp3) is 0.625. The monoisotopic (exact) mass is 376 g/mol. The van der Waals surface area contributed by atoms with Gasteiger partial charge in [-0.05, 0) is 54.4 Å². The Labute approximate surface area is 140 Å². The fourth-order valence-electron chi connectivity index (χ4n) is 2.91. The molecule has 5 heteroatoms. The van der Waals surface area contributed by atoms with Crippen molar-refractivity contribution in [2.75, 3.05) is 26.2 Å². The molecule has 0 spiro atoms. The highest BCUT2D eigenvalue weighted by molar-refractivity contribution is 9.10. The van der Waals surface area contributed by atoms with Crippen LogP contribution in [-0.4, -0.2) is 38.4 Å². The average Bonchev–Trinajstić information content (AvgIpc) is 2.35. The summed E-state index contributed by atoms with van der Waals surface area (Å²) < 4.78 is 12.5. The van der Waals surface area contributed by atoms with Crippen LogP contribution in [-0.2, 0) is 4.74 Å². The molecule has 1 aliphatic heterocycles. The van der Waals surface area contributed by atoms with Crippen molar-refractivity contribution >= 4 is 27.5 Å². The number of morpholine rings is 1. The Hall–Kier alpha value is -0.290. The van der Waals surface area contributed by atoms with Gasteiger partial charge in [0.15, 0.2) is 5.75 Å². The number of quaternary nitrogens is 1. The first kappa shape index (κ1) is 17.1. The third kappa shape index (κ3) is 5.13. The first-order chi connectivity index (χ1) is 9.95. The molecule has 2 rings (SSSR count). The Bertz CT molecular complexity index is 450. The van der Waals surface area contributed by atoms with Crippen LogP contribution in [0.5, 0.6) is 5.75 Å². The standard InChI is InChI=1S/C16H23BrClNO2/c1-11-7-14(17)16(15(18)8-11)20-6-4-5-19-9-12(2)21-13(3)10-19/h7-8,12-13H,4-6,9-10H2,1-3H3/p+1/t12-,13-/m0/s1. The van der Waals surface area contributed by atoms with Crippen LogP contribution in [0.15, 0.2) is 16.6 Å². The Balaban J connectivity index is 1.77. The lowest BCUT2D eigenvalue weighted by Gasteiger charge is -2.32. The first-order valence-corrected chi connectivity index (χ1v) is 8.70. The van der Waals surface area contributed by atoms with Gasteiger partial charge in [-0.15, -0.1) is 0 Å². The summed E-state index contributed by atoms with van der Waals surface area (Å²) >= 11 is 9.74. The Kier molecular flexibility index (Phi) is 6.35. The van der Waals surface area contributed by atoms with Crippen molar-refractivity contribution in [1.82, 2.24) is 0 Å². The second-order valence-corrected chi connectivity index (χ2v) is 7.19.